The van der Waals surface area contributed by atoms with Gasteiger partial charge in [-0.3, -0.25) is 4.79 Å². The van der Waals surface area contributed by atoms with Crippen molar-refractivity contribution in [2.45, 2.75) is 12.6 Å². The number of rotatable bonds is 5. The zero-order valence-electron chi connectivity index (χ0n) is 18.1. The SMILES string of the molecule is CN1C(c2ccc(C(=O)NCc3ccc4c(c3)OCO4)cc2)=C(I)C2C=C(C(=O)O)C(O)=CC21. The van der Waals surface area contributed by atoms with E-state index in [2.05, 4.69) is 27.9 Å². The second kappa shape index (κ2) is 8.71. The van der Waals surface area contributed by atoms with E-state index in [-0.39, 0.29) is 36.0 Å². The molecule has 174 valence electrons. The van der Waals surface area contributed by atoms with E-state index >= 15 is 0 Å². The maximum Gasteiger partial charge on any atom is 0.339 e. The number of carboxylic acid groups (broad SMARTS) is 1. The summed E-state index contributed by atoms with van der Waals surface area (Å²) in [5, 5.41) is 22.4. The number of hydrogen-bond donors (Lipinski definition) is 3. The molecule has 0 fully saturated rings. The number of carboxylic acids is 1. The molecule has 0 bridgehead atoms. The minimum absolute atomic E-state index is 0.0838. The Morgan fingerprint density at radius 1 is 1.12 bits per heavy atom. The summed E-state index contributed by atoms with van der Waals surface area (Å²) < 4.78 is 11.7. The average molecular weight is 572 g/mol. The van der Waals surface area contributed by atoms with Gasteiger partial charge in [-0.25, -0.2) is 4.79 Å². The van der Waals surface area contributed by atoms with Crippen LogP contribution in [-0.2, 0) is 11.3 Å². The second-order valence-electron chi connectivity index (χ2n) is 8.21. The highest BCUT2D eigenvalue weighted by molar-refractivity contribution is 14.1. The lowest BCUT2D eigenvalue weighted by molar-refractivity contribution is -0.132. The van der Waals surface area contributed by atoms with E-state index in [1.54, 1.807) is 24.3 Å². The molecule has 2 unspecified atom stereocenters. The maximum atomic E-state index is 12.7. The van der Waals surface area contributed by atoms with Crippen LogP contribution >= 0.6 is 22.6 Å². The standard InChI is InChI=1S/C25H21IN2O6/c1-28-18-10-19(29)17(25(31)32)9-16(18)22(26)23(28)14-3-5-15(6-4-14)24(30)27-11-13-2-7-20-21(8-13)34-12-33-20/h2-10,16,18,29H,11-12H2,1H3,(H,27,30)(H,31,32). The number of halogens is 1. The molecule has 2 atom stereocenters. The highest BCUT2D eigenvalue weighted by Gasteiger charge is 2.40. The monoisotopic (exact) mass is 572 g/mol. The van der Waals surface area contributed by atoms with E-state index in [0.717, 1.165) is 20.4 Å². The Labute approximate surface area is 209 Å². The van der Waals surface area contributed by atoms with Crippen LogP contribution in [0.1, 0.15) is 21.5 Å². The molecule has 2 aliphatic heterocycles. The van der Waals surface area contributed by atoms with E-state index in [1.165, 1.54) is 0 Å². The molecule has 0 saturated carbocycles. The number of carbonyl (C=O) groups excluding carboxylic acids is 1. The number of benzene rings is 2. The molecular weight excluding hydrogens is 551 g/mol. The van der Waals surface area contributed by atoms with Crippen molar-refractivity contribution in [1.29, 1.82) is 0 Å². The van der Waals surface area contributed by atoms with Gasteiger partial charge in [0.25, 0.3) is 5.91 Å². The fraction of sp³-hybridized carbons (Fsp3) is 0.200. The van der Waals surface area contributed by atoms with Gasteiger partial charge in [0.15, 0.2) is 11.5 Å². The summed E-state index contributed by atoms with van der Waals surface area (Å²) in [6.07, 6.45) is 3.18. The summed E-state index contributed by atoms with van der Waals surface area (Å²) in [5.41, 5.74) is 3.21. The third-order valence-corrected chi connectivity index (χ3v) is 7.41. The van der Waals surface area contributed by atoms with E-state index in [9.17, 15) is 19.8 Å². The molecule has 9 heteroatoms. The molecule has 0 saturated heterocycles. The van der Waals surface area contributed by atoms with Gasteiger partial charge in [0.05, 0.1) is 17.3 Å². The molecule has 1 aliphatic carbocycles. The predicted octanol–water partition coefficient (Wildman–Crippen LogP) is 3.85. The number of aliphatic carboxylic acids is 1. The van der Waals surface area contributed by atoms with E-state index < -0.39 is 5.97 Å². The van der Waals surface area contributed by atoms with Crippen molar-refractivity contribution in [3.63, 3.8) is 0 Å². The predicted molar refractivity (Wildman–Crippen MR) is 133 cm³/mol. The number of fused-ring (bicyclic) bond motifs is 2. The molecule has 2 heterocycles. The largest absolute Gasteiger partial charge is 0.507 e. The molecule has 8 nitrogen and oxygen atoms in total. The van der Waals surface area contributed by atoms with Crippen molar-refractivity contribution in [1.82, 2.24) is 10.2 Å². The summed E-state index contributed by atoms with van der Waals surface area (Å²) in [5.74, 6) is -0.347. The first-order valence-corrected chi connectivity index (χ1v) is 11.7. The third-order valence-electron chi connectivity index (χ3n) is 6.18. The molecule has 1 amide bonds. The van der Waals surface area contributed by atoms with Crippen LogP contribution in [0.15, 0.2) is 69.5 Å². The molecule has 34 heavy (non-hydrogen) atoms. The number of aliphatic hydroxyl groups is 1. The number of ether oxygens (including phenoxy) is 2. The molecule has 0 aromatic heterocycles. The van der Waals surface area contributed by atoms with E-state index in [4.69, 9.17) is 9.47 Å². The quantitative estimate of drug-likeness (QED) is 0.468. The van der Waals surface area contributed by atoms with E-state index in [0.29, 0.717) is 23.6 Å². The lowest BCUT2D eigenvalue weighted by atomic mass is 9.91. The van der Waals surface area contributed by atoms with Crippen LogP contribution in [-0.4, -0.2) is 46.9 Å². The van der Waals surface area contributed by atoms with Gasteiger partial charge >= 0.3 is 5.97 Å². The van der Waals surface area contributed by atoms with E-state index in [1.807, 2.05) is 42.3 Å². The Morgan fingerprint density at radius 2 is 1.85 bits per heavy atom. The zero-order valence-corrected chi connectivity index (χ0v) is 20.3. The summed E-state index contributed by atoms with van der Waals surface area (Å²) in [7, 11) is 1.91. The van der Waals surface area contributed by atoms with Crippen LogP contribution in [0.5, 0.6) is 11.5 Å². The minimum Gasteiger partial charge on any atom is -0.507 e. The van der Waals surface area contributed by atoms with Crippen molar-refractivity contribution in [3.8, 4) is 11.5 Å². The van der Waals surface area contributed by atoms with Crippen molar-refractivity contribution in [2.24, 2.45) is 5.92 Å². The Bertz CT molecular complexity index is 1280. The number of likely N-dealkylation sites (N-methyl/N-ethyl adjacent to an activating group) is 1. The molecule has 0 spiro atoms. The van der Waals surface area contributed by atoms with Crippen LogP contribution in [0.25, 0.3) is 5.70 Å². The van der Waals surface area contributed by atoms with Crippen molar-refractivity contribution < 1.29 is 29.3 Å². The van der Waals surface area contributed by atoms with Crippen molar-refractivity contribution >= 4 is 40.2 Å². The highest BCUT2D eigenvalue weighted by Crippen LogP contribution is 2.46. The fourth-order valence-electron chi connectivity index (χ4n) is 4.41. The van der Waals surface area contributed by atoms with Gasteiger partial charge in [-0.15, -0.1) is 0 Å². The maximum absolute atomic E-state index is 12.7. The average Bonchev–Trinajstić information content (AvgIpc) is 3.39. The first-order chi connectivity index (χ1) is 16.3. The minimum atomic E-state index is -1.15. The van der Waals surface area contributed by atoms with Crippen LogP contribution in [0.4, 0.5) is 0 Å². The third kappa shape index (κ3) is 3.89. The number of carbonyl (C=O) groups is 2. The van der Waals surface area contributed by atoms with Gasteiger partial charge < -0.3 is 29.9 Å². The number of nitrogens with one attached hydrogen (secondary N) is 1. The normalized spacial score (nSPS) is 20.6. The topological polar surface area (TPSA) is 108 Å². The van der Waals surface area contributed by atoms with Crippen LogP contribution in [0, 0.1) is 5.92 Å². The van der Waals surface area contributed by atoms with Crippen molar-refractivity contribution in [3.05, 3.63) is 86.2 Å². The lowest BCUT2D eigenvalue weighted by Gasteiger charge is -2.28. The van der Waals surface area contributed by atoms with Gasteiger partial charge in [0.2, 0.25) is 6.79 Å². The number of amides is 1. The number of nitrogens with zero attached hydrogens (tertiary/aromatic N) is 1. The smallest absolute Gasteiger partial charge is 0.339 e. The Hall–Kier alpha value is -3.47. The van der Waals surface area contributed by atoms with Gasteiger partial charge in [-0.05, 0) is 64.1 Å². The lowest BCUT2D eigenvalue weighted by Crippen LogP contribution is -2.31. The van der Waals surface area contributed by atoms with Crippen LogP contribution in [0.3, 0.4) is 0 Å². The molecule has 2 aromatic rings. The molecule has 0 radical (unpaired) electrons. The van der Waals surface area contributed by atoms with Gasteiger partial charge in [-0.2, -0.15) is 0 Å². The Kier molecular flexibility index (Phi) is 5.72. The molecule has 5 rings (SSSR count). The fourth-order valence-corrected chi connectivity index (χ4v) is 5.65. The highest BCUT2D eigenvalue weighted by atomic mass is 127. The van der Waals surface area contributed by atoms with Gasteiger partial charge in [0.1, 0.15) is 5.76 Å². The number of aliphatic hydroxyl groups excluding tert-OH is 1. The first-order valence-electron chi connectivity index (χ1n) is 10.6. The molecule has 3 aliphatic rings. The molecular formula is C25H21IN2O6. The Morgan fingerprint density at radius 3 is 2.59 bits per heavy atom. The summed E-state index contributed by atoms with van der Waals surface area (Å²) >= 11 is 2.23. The van der Waals surface area contributed by atoms with Crippen molar-refractivity contribution in [2.75, 3.05) is 13.8 Å². The summed E-state index contributed by atoms with van der Waals surface area (Å²) in [6.45, 7) is 0.568. The molecule has 3 N–H and O–H groups in total. The Balaban J connectivity index is 1.31. The first kappa shape index (κ1) is 22.3. The van der Waals surface area contributed by atoms with Crippen LogP contribution < -0.4 is 14.8 Å². The zero-order chi connectivity index (χ0) is 24.0. The van der Waals surface area contributed by atoms with Crippen LogP contribution in [0.2, 0.25) is 0 Å². The summed E-state index contributed by atoms with van der Waals surface area (Å²) in [4.78, 5) is 26.1. The second-order valence-corrected chi connectivity index (χ2v) is 9.37. The summed E-state index contributed by atoms with van der Waals surface area (Å²) in [6, 6.07) is 12.7. The van der Waals surface area contributed by atoms with Gasteiger partial charge in [0, 0.05) is 28.7 Å². The molecule has 2 aromatic carbocycles. The number of hydrogen-bond acceptors (Lipinski definition) is 6. The van der Waals surface area contributed by atoms with Gasteiger partial charge in [-0.1, -0.05) is 24.3 Å².